The first-order valence-corrected chi connectivity index (χ1v) is 5.04. The van der Waals surface area contributed by atoms with Crippen molar-refractivity contribution in [3.8, 4) is 0 Å². The molecule has 1 nitrogen and oxygen atoms in total. The largest absolute Gasteiger partial charge is 0.327 e. The predicted molar refractivity (Wildman–Crippen MR) is 50.9 cm³/mol. The highest BCUT2D eigenvalue weighted by Gasteiger charge is 2.01. The molecular formula is C9H15NS. The Bertz CT molecular complexity index is 181. The molecule has 0 amide bonds. The van der Waals surface area contributed by atoms with Gasteiger partial charge in [-0.3, -0.25) is 0 Å². The van der Waals surface area contributed by atoms with Crippen LogP contribution in [0.15, 0.2) is 16.8 Å². The fourth-order valence-electron chi connectivity index (χ4n) is 1.18. The number of nitrogens with two attached hydrogens (primary N) is 1. The smallest absolute Gasteiger partial charge is 0.00795 e. The van der Waals surface area contributed by atoms with Gasteiger partial charge in [0.2, 0.25) is 0 Å². The SMILES string of the molecule is CCCC(N)Cc1ccsc1. The molecule has 62 valence electrons. The molecule has 1 unspecified atom stereocenters. The third-order valence-corrected chi connectivity index (χ3v) is 2.47. The highest BCUT2D eigenvalue weighted by Crippen LogP contribution is 2.09. The van der Waals surface area contributed by atoms with Gasteiger partial charge in [0, 0.05) is 6.04 Å². The molecule has 0 bridgehead atoms. The zero-order valence-corrected chi connectivity index (χ0v) is 7.73. The number of rotatable bonds is 4. The molecule has 1 rings (SSSR count). The molecular weight excluding hydrogens is 154 g/mol. The van der Waals surface area contributed by atoms with E-state index >= 15 is 0 Å². The Kier molecular flexibility index (Phi) is 3.60. The molecule has 1 aromatic heterocycles. The minimum atomic E-state index is 0.356. The Labute approximate surface area is 72.2 Å². The first kappa shape index (κ1) is 8.75. The molecule has 0 fully saturated rings. The zero-order chi connectivity index (χ0) is 8.10. The molecule has 0 aliphatic heterocycles. The summed E-state index contributed by atoms with van der Waals surface area (Å²) in [6.45, 7) is 2.17. The van der Waals surface area contributed by atoms with Gasteiger partial charge in [0.25, 0.3) is 0 Å². The van der Waals surface area contributed by atoms with Gasteiger partial charge in [0.15, 0.2) is 0 Å². The molecule has 2 heteroatoms. The van der Waals surface area contributed by atoms with Crippen molar-refractivity contribution in [3.05, 3.63) is 22.4 Å². The molecule has 0 radical (unpaired) electrons. The van der Waals surface area contributed by atoms with Crippen LogP contribution in [0.1, 0.15) is 25.3 Å². The standard InChI is InChI=1S/C9H15NS/c1-2-3-9(10)6-8-4-5-11-7-8/h4-5,7,9H,2-3,6,10H2,1H3. The van der Waals surface area contributed by atoms with E-state index in [9.17, 15) is 0 Å². The van der Waals surface area contributed by atoms with Crippen molar-refractivity contribution < 1.29 is 0 Å². The first-order valence-electron chi connectivity index (χ1n) is 4.09. The normalized spacial score (nSPS) is 13.3. The fraction of sp³-hybridized carbons (Fsp3) is 0.556. The van der Waals surface area contributed by atoms with Gasteiger partial charge in [-0.25, -0.2) is 0 Å². The lowest BCUT2D eigenvalue weighted by molar-refractivity contribution is 0.601. The molecule has 1 heterocycles. The van der Waals surface area contributed by atoms with Crippen molar-refractivity contribution in [3.63, 3.8) is 0 Å². The van der Waals surface area contributed by atoms with Gasteiger partial charge in [-0.15, -0.1) is 0 Å². The lowest BCUT2D eigenvalue weighted by atomic mass is 10.1. The van der Waals surface area contributed by atoms with Gasteiger partial charge < -0.3 is 5.73 Å². The fourth-order valence-corrected chi connectivity index (χ4v) is 1.87. The van der Waals surface area contributed by atoms with Crippen LogP contribution in [0.25, 0.3) is 0 Å². The monoisotopic (exact) mass is 169 g/mol. The molecule has 0 saturated heterocycles. The van der Waals surface area contributed by atoms with E-state index in [-0.39, 0.29) is 0 Å². The van der Waals surface area contributed by atoms with E-state index in [2.05, 4.69) is 23.8 Å². The maximum atomic E-state index is 5.88. The zero-order valence-electron chi connectivity index (χ0n) is 6.92. The Morgan fingerprint density at radius 3 is 3.00 bits per heavy atom. The lowest BCUT2D eigenvalue weighted by Crippen LogP contribution is -2.21. The molecule has 11 heavy (non-hydrogen) atoms. The van der Waals surface area contributed by atoms with Crippen LogP contribution in [0.3, 0.4) is 0 Å². The molecule has 0 aliphatic carbocycles. The van der Waals surface area contributed by atoms with Crippen LogP contribution >= 0.6 is 11.3 Å². The van der Waals surface area contributed by atoms with Gasteiger partial charge in [-0.1, -0.05) is 13.3 Å². The summed E-state index contributed by atoms with van der Waals surface area (Å²) in [5.41, 5.74) is 7.27. The van der Waals surface area contributed by atoms with Gasteiger partial charge >= 0.3 is 0 Å². The summed E-state index contributed by atoms with van der Waals surface area (Å²) in [6.07, 6.45) is 3.36. The molecule has 0 aliphatic rings. The molecule has 2 N–H and O–H groups in total. The van der Waals surface area contributed by atoms with Crippen molar-refractivity contribution >= 4 is 11.3 Å². The van der Waals surface area contributed by atoms with Gasteiger partial charge in [0.05, 0.1) is 0 Å². The van der Waals surface area contributed by atoms with E-state index in [0.29, 0.717) is 6.04 Å². The minimum Gasteiger partial charge on any atom is -0.327 e. The van der Waals surface area contributed by atoms with E-state index < -0.39 is 0 Å². The van der Waals surface area contributed by atoms with Crippen molar-refractivity contribution in [1.82, 2.24) is 0 Å². The average molecular weight is 169 g/mol. The molecule has 0 aromatic carbocycles. The average Bonchev–Trinajstić information content (AvgIpc) is 2.40. The number of hydrogen-bond acceptors (Lipinski definition) is 2. The lowest BCUT2D eigenvalue weighted by Gasteiger charge is -2.07. The number of thiophene rings is 1. The van der Waals surface area contributed by atoms with Crippen LogP contribution < -0.4 is 5.73 Å². The van der Waals surface area contributed by atoms with Crippen molar-refractivity contribution in [1.29, 1.82) is 0 Å². The van der Waals surface area contributed by atoms with Gasteiger partial charge in [0.1, 0.15) is 0 Å². The summed E-state index contributed by atoms with van der Waals surface area (Å²) < 4.78 is 0. The third kappa shape index (κ3) is 3.04. The molecule has 1 atom stereocenters. The van der Waals surface area contributed by atoms with E-state index in [4.69, 9.17) is 5.73 Å². The summed E-state index contributed by atoms with van der Waals surface area (Å²) in [7, 11) is 0. The minimum absolute atomic E-state index is 0.356. The van der Waals surface area contributed by atoms with Crippen LogP contribution in [0.2, 0.25) is 0 Å². The van der Waals surface area contributed by atoms with Gasteiger partial charge in [-0.2, -0.15) is 11.3 Å². The van der Waals surface area contributed by atoms with Crippen LogP contribution in [-0.2, 0) is 6.42 Å². The summed E-state index contributed by atoms with van der Waals surface area (Å²) in [5, 5.41) is 4.28. The molecule has 1 aromatic rings. The van der Waals surface area contributed by atoms with Crippen molar-refractivity contribution in [2.75, 3.05) is 0 Å². The van der Waals surface area contributed by atoms with Crippen molar-refractivity contribution in [2.45, 2.75) is 32.2 Å². The van der Waals surface area contributed by atoms with Gasteiger partial charge in [-0.05, 0) is 35.2 Å². The van der Waals surface area contributed by atoms with Crippen LogP contribution in [0.5, 0.6) is 0 Å². The van der Waals surface area contributed by atoms with E-state index in [1.165, 1.54) is 12.0 Å². The molecule has 0 spiro atoms. The second kappa shape index (κ2) is 4.52. The number of hydrogen-bond donors (Lipinski definition) is 1. The van der Waals surface area contributed by atoms with E-state index in [1.807, 2.05) is 0 Å². The first-order chi connectivity index (χ1) is 5.33. The maximum absolute atomic E-state index is 5.88. The second-order valence-electron chi connectivity index (χ2n) is 2.88. The third-order valence-electron chi connectivity index (χ3n) is 1.74. The van der Waals surface area contributed by atoms with Crippen LogP contribution in [0, 0.1) is 0 Å². The Morgan fingerprint density at radius 1 is 1.64 bits per heavy atom. The quantitative estimate of drug-likeness (QED) is 0.736. The summed E-state index contributed by atoms with van der Waals surface area (Å²) in [6, 6.07) is 2.51. The van der Waals surface area contributed by atoms with Crippen molar-refractivity contribution in [2.24, 2.45) is 5.73 Å². The van der Waals surface area contributed by atoms with Crippen LogP contribution in [-0.4, -0.2) is 6.04 Å². The maximum Gasteiger partial charge on any atom is 0.00795 e. The topological polar surface area (TPSA) is 26.0 Å². The van der Waals surface area contributed by atoms with E-state index in [0.717, 1.165) is 12.8 Å². The predicted octanol–water partition coefficient (Wildman–Crippen LogP) is 2.42. The summed E-state index contributed by atoms with van der Waals surface area (Å²) in [4.78, 5) is 0. The summed E-state index contributed by atoms with van der Waals surface area (Å²) >= 11 is 1.74. The summed E-state index contributed by atoms with van der Waals surface area (Å²) in [5.74, 6) is 0. The highest BCUT2D eigenvalue weighted by molar-refractivity contribution is 7.07. The van der Waals surface area contributed by atoms with Crippen LogP contribution in [0.4, 0.5) is 0 Å². The Hall–Kier alpha value is -0.340. The second-order valence-corrected chi connectivity index (χ2v) is 3.66. The Balaban J connectivity index is 2.31. The highest BCUT2D eigenvalue weighted by atomic mass is 32.1. The molecule has 0 saturated carbocycles. The Morgan fingerprint density at radius 2 is 2.45 bits per heavy atom. The van der Waals surface area contributed by atoms with E-state index in [1.54, 1.807) is 11.3 Å².